The quantitative estimate of drug-likeness (QED) is 0.832. The molecule has 2 N–H and O–H groups in total. The van der Waals surface area contributed by atoms with Crippen molar-refractivity contribution in [2.45, 2.75) is 63.7 Å². The lowest BCUT2D eigenvalue weighted by Crippen LogP contribution is -2.51. The maximum Gasteiger partial charge on any atom is 0.0729 e. The third-order valence-electron chi connectivity index (χ3n) is 4.69. The summed E-state index contributed by atoms with van der Waals surface area (Å²) in [5.41, 5.74) is 6.50. The first-order valence-electron chi connectivity index (χ1n) is 7.79. The van der Waals surface area contributed by atoms with Crippen LogP contribution in [-0.2, 0) is 14.2 Å². The summed E-state index contributed by atoms with van der Waals surface area (Å²) >= 11 is 0. The van der Waals surface area contributed by atoms with Crippen molar-refractivity contribution in [3.63, 3.8) is 0 Å². The summed E-state index contributed by atoms with van der Waals surface area (Å²) in [6.07, 6.45) is 5.34. The van der Waals surface area contributed by atoms with E-state index in [1.54, 1.807) is 0 Å². The molecule has 2 aliphatic rings. The molecule has 0 radical (unpaired) electrons. The van der Waals surface area contributed by atoms with Crippen molar-refractivity contribution in [3.05, 3.63) is 0 Å². The second kappa shape index (κ2) is 7.02. The third kappa shape index (κ3) is 3.69. The Bertz CT molecular complexity index is 261. The smallest absolute Gasteiger partial charge is 0.0729 e. The highest BCUT2D eigenvalue weighted by atomic mass is 16.5. The van der Waals surface area contributed by atoms with Gasteiger partial charge in [0, 0.05) is 32.5 Å². The third-order valence-corrected chi connectivity index (χ3v) is 4.69. The molecule has 0 bridgehead atoms. The van der Waals surface area contributed by atoms with Crippen LogP contribution in [0.15, 0.2) is 0 Å². The van der Waals surface area contributed by atoms with Gasteiger partial charge in [0.15, 0.2) is 0 Å². The zero-order valence-corrected chi connectivity index (χ0v) is 12.4. The normalized spacial score (nSPS) is 30.2. The second-order valence-corrected chi connectivity index (χ2v) is 5.88. The summed E-state index contributed by atoms with van der Waals surface area (Å²) in [7, 11) is 0. The first-order chi connectivity index (χ1) is 9.21. The monoisotopic (exact) mass is 271 g/mol. The zero-order chi connectivity index (χ0) is 13.7. The van der Waals surface area contributed by atoms with Gasteiger partial charge < -0.3 is 19.9 Å². The van der Waals surface area contributed by atoms with Gasteiger partial charge in [0.25, 0.3) is 0 Å². The Morgan fingerprint density at radius 2 is 2.00 bits per heavy atom. The Labute approximate surface area is 117 Å². The Kier molecular flexibility index (Phi) is 5.63. The SMILES string of the molecule is CCOC(CC)C(N)C1CCOC2(CCOCC2)C1. The van der Waals surface area contributed by atoms with E-state index in [0.717, 1.165) is 58.5 Å². The highest BCUT2D eigenvalue weighted by Crippen LogP contribution is 2.38. The van der Waals surface area contributed by atoms with Crippen LogP contribution in [0, 0.1) is 5.92 Å². The van der Waals surface area contributed by atoms with Gasteiger partial charge in [-0.2, -0.15) is 0 Å². The lowest BCUT2D eigenvalue weighted by Gasteiger charge is -2.45. The van der Waals surface area contributed by atoms with Crippen LogP contribution in [0.3, 0.4) is 0 Å². The molecule has 0 aromatic heterocycles. The summed E-state index contributed by atoms with van der Waals surface area (Å²) < 4.78 is 17.3. The molecule has 3 atom stereocenters. The van der Waals surface area contributed by atoms with E-state index in [4.69, 9.17) is 19.9 Å². The highest BCUT2D eigenvalue weighted by Gasteiger charge is 2.41. The van der Waals surface area contributed by atoms with Crippen LogP contribution < -0.4 is 5.73 Å². The molecular formula is C15H29NO3. The molecule has 3 unspecified atom stereocenters. The molecule has 2 heterocycles. The average molecular weight is 271 g/mol. The Hall–Kier alpha value is -0.160. The van der Waals surface area contributed by atoms with Crippen molar-refractivity contribution < 1.29 is 14.2 Å². The van der Waals surface area contributed by atoms with Crippen molar-refractivity contribution >= 4 is 0 Å². The van der Waals surface area contributed by atoms with Crippen molar-refractivity contribution in [1.82, 2.24) is 0 Å². The van der Waals surface area contributed by atoms with Crippen LogP contribution in [-0.4, -0.2) is 44.2 Å². The highest BCUT2D eigenvalue weighted by molar-refractivity contribution is 4.93. The summed E-state index contributed by atoms with van der Waals surface area (Å²) in [5.74, 6) is 0.517. The van der Waals surface area contributed by atoms with Gasteiger partial charge in [-0.3, -0.25) is 0 Å². The first kappa shape index (κ1) is 15.2. The molecule has 0 aromatic rings. The van der Waals surface area contributed by atoms with E-state index in [9.17, 15) is 0 Å². The van der Waals surface area contributed by atoms with Gasteiger partial charge in [-0.1, -0.05) is 6.92 Å². The van der Waals surface area contributed by atoms with Gasteiger partial charge in [-0.05, 0) is 44.9 Å². The van der Waals surface area contributed by atoms with Crippen LogP contribution >= 0.6 is 0 Å². The van der Waals surface area contributed by atoms with Gasteiger partial charge in [-0.25, -0.2) is 0 Å². The largest absolute Gasteiger partial charge is 0.381 e. The predicted molar refractivity (Wildman–Crippen MR) is 75.1 cm³/mol. The fourth-order valence-corrected chi connectivity index (χ4v) is 3.50. The van der Waals surface area contributed by atoms with Crippen LogP contribution in [0.5, 0.6) is 0 Å². The number of hydrogen-bond acceptors (Lipinski definition) is 4. The van der Waals surface area contributed by atoms with E-state index < -0.39 is 0 Å². The Morgan fingerprint density at radius 3 is 2.63 bits per heavy atom. The lowest BCUT2D eigenvalue weighted by molar-refractivity contribution is -0.153. The number of ether oxygens (including phenoxy) is 3. The van der Waals surface area contributed by atoms with Crippen molar-refractivity contribution in [2.75, 3.05) is 26.4 Å². The minimum absolute atomic E-state index is 0.0310. The fourth-order valence-electron chi connectivity index (χ4n) is 3.50. The minimum atomic E-state index is 0.0310. The molecule has 2 rings (SSSR count). The molecule has 112 valence electrons. The molecule has 19 heavy (non-hydrogen) atoms. The lowest BCUT2D eigenvalue weighted by atomic mass is 9.76. The topological polar surface area (TPSA) is 53.7 Å². The zero-order valence-electron chi connectivity index (χ0n) is 12.4. The van der Waals surface area contributed by atoms with Crippen molar-refractivity contribution in [2.24, 2.45) is 11.7 Å². The molecule has 2 aliphatic heterocycles. The van der Waals surface area contributed by atoms with Crippen LogP contribution in [0.1, 0.15) is 46.0 Å². The average Bonchev–Trinajstić information content (AvgIpc) is 2.45. The molecule has 0 saturated carbocycles. The van der Waals surface area contributed by atoms with E-state index in [2.05, 4.69) is 6.92 Å². The summed E-state index contributed by atoms with van der Waals surface area (Å²) in [5, 5.41) is 0. The van der Waals surface area contributed by atoms with Crippen LogP contribution in [0.25, 0.3) is 0 Å². The summed E-state index contributed by atoms with van der Waals surface area (Å²) in [4.78, 5) is 0. The second-order valence-electron chi connectivity index (χ2n) is 5.88. The number of hydrogen-bond donors (Lipinski definition) is 1. The molecule has 0 aromatic carbocycles. The maximum absolute atomic E-state index is 6.47. The minimum Gasteiger partial charge on any atom is -0.381 e. The number of nitrogens with two attached hydrogens (primary N) is 1. The summed E-state index contributed by atoms with van der Waals surface area (Å²) in [6.45, 7) is 7.42. The fraction of sp³-hybridized carbons (Fsp3) is 1.00. The Morgan fingerprint density at radius 1 is 1.26 bits per heavy atom. The van der Waals surface area contributed by atoms with Crippen LogP contribution in [0.2, 0.25) is 0 Å². The molecule has 2 fully saturated rings. The van der Waals surface area contributed by atoms with Gasteiger partial charge in [0.1, 0.15) is 0 Å². The van der Waals surface area contributed by atoms with E-state index in [1.807, 2.05) is 6.92 Å². The predicted octanol–water partition coefficient (Wildman–Crippen LogP) is 2.10. The van der Waals surface area contributed by atoms with Crippen molar-refractivity contribution in [1.29, 1.82) is 0 Å². The molecular weight excluding hydrogens is 242 g/mol. The number of rotatable bonds is 5. The van der Waals surface area contributed by atoms with E-state index in [0.29, 0.717) is 5.92 Å². The Balaban J connectivity index is 1.95. The van der Waals surface area contributed by atoms with Gasteiger partial charge in [0.05, 0.1) is 11.7 Å². The van der Waals surface area contributed by atoms with E-state index in [1.165, 1.54) is 0 Å². The maximum atomic E-state index is 6.47. The molecule has 0 amide bonds. The molecule has 4 heteroatoms. The van der Waals surface area contributed by atoms with Gasteiger partial charge in [-0.15, -0.1) is 0 Å². The van der Waals surface area contributed by atoms with Crippen LogP contribution in [0.4, 0.5) is 0 Å². The van der Waals surface area contributed by atoms with Crippen molar-refractivity contribution in [3.8, 4) is 0 Å². The standard InChI is InChI=1S/C15H29NO3/c1-3-13(18-4-2)14(16)12-5-8-19-15(11-12)6-9-17-10-7-15/h12-14H,3-11,16H2,1-2H3. The molecule has 1 spiro atoms. The van der Waals surface area contributed by atoms with Gasteiger partial charge >= 0.3 is 0 Å². The molecule has 4 nitrogen and oxygen atoms in total. The molecule has 0 aliphatic carbocycles. The first-order valence-corrected chi connectivity index (χ1v) is 7.79. The van der Waals surface area contributed by atoms with E-state index in [-0.39, 0.29) is 17.7 Å². The van der Waals surface area contributed by atoms with Gasteiger partial charge in [0.2, 0.25) is 0 Å². The molecule has 2 saturated heterocycles. The van der Waals surface area contributed by atoms with E-state index >= 15 is 0 Å². The summed E-state index contributed by atoms with van der Waals surface area (Å²) in [6, 6.07) is 0.133.